The first-order chi connectivity index (χ1) is 16.4. The number of halogens is 3. The van der Waals surface area contributed by atoms with E-state index in [9.17, 15) is 9.18 Å². The van der Waals surface area contributed by atoms with Crippen LogP contribution in [0.4, 0.5) is 4.39 Å². The fraction of sp³-hybridized carbons (Fsp3) is 0.154. The molecule has 2 aromatic carbocycles. The highest BCUT2D eigenvalue weighted by molar-refractivity contribution is 9.10. The maximum Gasteiger partial charge on any atom is 0.339 e. The molecular weight excluding hydrogens is 523 g/mol. The van der Waals surface area contributed by atoms with E-state index >= 15 is 0 Å². The molecule has 0 saturated carbocycles. The molecule has 4 rings (SSSR count). The third kappa shape index (κ3) is 5.16. The molecule has 0 radical (unpaired) electrons. The summed E-state index contributed by atoms with van der Waals surface area (Å²) in [6.07, 6.45) is 3.18. The smallest absolute Gasteiger partial charge is 0.339 e. The zero-order valence-corrected chi connectivity index (χ0v) is 20.9. The van der Waals surface area contributed by atoms with Crippen molar-refractivity contribution in [3.8, 4) is 22.7 Å². The predicted octanol–water partition coefficient (Wildman–Crippen LogP) is 7.16. The molecule has 0 spiro atoms. The predicted molar refractivity (Wildman–Crippen MR) is 133 cm³/mol. The van der Waals surface area contributed by atoms with Crippen molar-refractivity contribution in [2.24, 2.45) is 0 Å². The molecule has 0 saturated heterocycles. The van der Waals surface area contributed by atoms with Gasteiger partial charge in [-0.05, 0) is 62.4 Å². The zero-order valence-electron chi connectivity index (χ0n) is 18.5. The number of aromatic nitrogens is 2. The van der Waals surface area contributed by atoms with Gasteiger partial charge in [-0.3, -0.25) is 4.98 Å². The molecule has 0 fully saturated rings. The van der Waals surface area contributed by atoms with E-state index in [2.05, 4.69) is 20.9 Å². The van der Waals surface area contributed by atoms with Crippen LogP contribution in [0.25, 0.3) is 16.9 Å². The van der Waals surface area contributed by atoms with E-state index in [1.165, 1.54) is 18.3 Å². The fourth-order valence-electron chi connectivity index (χ4n) is 3.59. The van der Waals surface area contributed by atoms with Gasteiger partial charge in [0.05, 0.1) is 34.8 Å². The number of rotatable bonds is 7. The first kappa shape index (κ1) is 24.0. The van der Waals surface area contributed by atoms with Crippen LogP contribution in [0.15, 0.2) is 71.5 Å². The van der Waals surface area contributed by atoms with Gasteiger partial charge in [0, 0.05) is 27.5 Å². The molecule has 8 heteroatoms. The molecule has 174 valence electrons. The van der Waals surface area contributed by atoms with E-state index in [-0.39, 0.29) is 13.2 Å². The van der Waals surface area contributed by atoms with Crippen LogP contribution in [0, 0.1) is 12.7 Å². The number of aryl methyl sites for hydroxylation is 1. The van der Waals surface area contributed by atoms with Crippen molar-refractivity contribution < 1.29 is 18.7 Å². The number of nitrogens with zero attached hydrogens (tertiary/aromatic N) is 2. The van der Waals surface area contributed by atoms with Crippen LogP contribution in [0.1, 0.15) is 28.5 Å². The maximum absolute atomic E-state index is 13.4. The lowest BCUT2D eigenvalue weighted by atomic mass is 10.1. The number of esters is 1. The molecule has 4 aromatic rings. The van der Waals surface area contributed by atoms with Crippen LogP contribution in [-0.2, 0) is 11.3 Å². The summed E-state index contributed by atoms with van der Waals surface area (Å²) in [6, 6.07) is 15.7. The second-order valence-corrected chi connectivity index (χ2v) is 8.84. The van der Waals surface area contributed by atoms with Gasteiger partial charge in [-0.25, -0.2) is 9.18 Å². The van der Waals surface area contributed by atoms with Gasteiger partial charge in [-0.1, -0.05) is 33.6 Å². The summed E-state index contributed by atoms with van der Waals surface area (Å²) >= 11 is 9.68. The van der Waals surface area contributed by atoms with Gasteiger partial charge in [-0.15, -0.1) is 0 Å². The van der Waals surface area contributed by atoms with E-state index < -0.39 is 11.8 Å². The second kappa shape index (κ2) is 10.4. The van der Waals surface area contributed by atoms with Crippen molar-refractivity contribution in [3.05, 3.63) is 99.1 Å². The van der Waals surface area contributed by atoms with Crippen LogP contribution in [0.3, 0.4) is 0 Å². The summed E-state index contributed by atoms with van der Waals surface area (Å²) in [5, 5.41) is 0.303. The molecule has 0 aliphatic carbocycles. The summed E-state index contributed by atoms with van der Waals surface area (Å²) in [7, 11) is 0. The number of hydrogen-bond donors (Lipinski definition) is 0. The third-order valence-corrected chi connectivity index (χ3v) is 6.03. The Hall–Kier alpha value is -3.16. The number of pyridine rings is 1. The molecule has 34 heavy (non-hydrogen) atoms. The van der Waals surface area contributed by atoms with Crippen LogP contribution < -0.4 is 4.74 Å². The molecule has 5 nitrogen and oxygen atoms in total. The molecule has 0 atom stereocenters. The zero-order chi connectivity index (χ0) is 24.2. The molecule has 0 amide bonds. The molecular formula is C26H21BrClFN2O3. The summed E-state index contributed by atoms with van der Waals surface area (Å²) in [4.78, 5) is 16.5. The number of carbonyl (C=O) groups excluding carboxylic acids is 1. The van der Waals surface area contributed by atoms with Gasteiger partial charge in [0.25, 0.3) is 0 Å². The van der Waals surface area contributed by atoms with Crippen LogP contribution >= 0.6 is 27.5 Å². The fourth-order valence-corrected chi connectivity index (χ4v) is 4.15. The minimum absolute atomic E-state index is 0.169. The van der Waals surface area contributed by atoms with Crippen LogP contribution in [-0.4, -0.2) is 22.1 Å². The Bertz CT molecular complexity index is 1360. The van der Waals surface area contributed by atoms with Crippen molar-refractivity contribution in [1.82, 2.24) is 9.55 Å². The Morgan fingerprint density at radius 3 is 2.71 bits per heavy atom. The average Bonchev–Trinajstić information content (AvgIpc) is 3.20. The van der Waals surface area contributed by atoms with E-state index in [0.717, 1.165) is 27.1 Å². The second-order valence-electron chi connectivity index (χ2n) is 7.51. The highest BCUT2D eigenvalue weighted by Gasteiger charge is 2.17. The molecule has 0 aliphatic rings. The molecule has 2 heterocycles. The van der Waals surface area contributed by atoms with Gasteiger partial charge in [0.2, 0.25) is 0 Å². The first-order valence-electron chi connectivity index (χ1n) is 10.5. The van der Waals surface area contributed by atoms with Crippen molar-refractivity contribution in [3.63, 3.8) is 0 Å². The molecule has 0 bridgehead atoms. The van der Waals surface area contributed by atoms with E-state index in [1.807, 2.05) is 41.8 Å². The highest BCUT2D eigenvalue weighted by Crippen LogP contribution is 2.36. The topological polar surface area (TPSA) is 53.3 Å². The first-order valence-corrected chi connectivity index (χ1v) is 11.7. The van der Waals surface area contributed by atoms with Gasteiger partial charge in [-0.2, -0.15) is 0 Å². The third-order valence-electron chi connectivity index (χ3n) is 5.19. The van der Waals surface area contributed by atoms with Crippen molar-refractivity contribution >= 4 is 33.5 Å². The molecule has 0 aliphatic heterocycles. The lowest BCUT2D eigenvalue weighted by Crippen LogP contribution is -2.07. The summed E-state index contributed by atoms with van der Waals surface area (Å²) in [5.74, 6) is -0.209. The van der Waals surface area contributed by atoms with E-state index in [4.69, 9.17) is 21.1 Å². The molecule has 2 aromatic heterocycles. The quantitative estimate of drug-likeness (QED) is 0.232. The highest BCUT2D eigenvalue weighted by atomic mass is 79.9. The standard InChI is InChI=1S/C26H21BrClFN2O3/c1-3-33-26(32)18-10-21(14-30-13-18)31-16(2)4-9-24(31)22-8-6-19(27)11-25(22)34-15-17-5-7-20(29)12-23(17)28/h4-14H,3,15H2,1-2H3. The Morgan fingerprint density at radius 2 is 1.94 bits per heavy atom. The Kier molecular flexibility index (Phi) is 7.34. The summed E-state index contributed by atoms with van der Waals surface area (Å²) in [5.41, 5.74) is 4.40. The minimum atomic E-state index is -0.424. The SMILES string of the molecule is CCOC(=O)c1cncc(-n2c(C)ccc2-c2ccc(Br)cc2OCc2ccc(F)cc2Cl)c1. The monoisotopic (exact) mass is 542 g/mol. The summed E-state index contributed by atoms with van der Waals surface area (Å²) in [6.45, 7) is 4.19. The minimum Gasteiger partial charge on any atom is -0.488 e. The van der Waals surface area contributed by atoms with Gasteiger partial charge in [0.1, 0.15) is 18.2 Å². The van der Waals surface area contributed by atoms with E-state index in [0.29, 0.717) is 21.9 Å². The normalized spacial score (nSPS) is 10.9. The Balaban J connectivity index is 1.73. The van der Waals surface area contributed by atoms with Gasteiger partial charge >= 0.3 is 5.97 Å². The summed E-state index contributed by atoms with van der Waals surface area (Å²) < 4.78 is 27.5. The number of benzene rings is 2. The van der Waals surface area contributed by atoms with Crippen molar-refractivity contribution in [2.75, 3.05) is 6.61 Å². The van der Waals surface area contributed by atoms with E-state index in [1.54, 1.807) is 25.3 Å². The maximum atomic E-state index is 13.4. The van der Waals surface area contributed by atoms with Crippen molar-refractivity contribution in [2.45, 2.75) is 20.5 Å². The Morgan fingerprint density at radius 1 is 1.12 bits per heavy atom. The van der Waals surface area contributed by atoms with Gasteiger partial charge < -0.3 is 14.0 Å². The lowest BCUT2D eigenvalue weighted by Gasteiger charge is -2.17. The lowest BCUT2D eigenvalue weighted by molar-refractivity contribution is 0.0526. The molecule has 0 N–H and O–H groups in total. The van der Waals surface area contributed by atoms with Crippen LogP contribution in [0.5, 0.6) is 5.75 Å². The average molecular weight is 544 g/mol. The Labute approximate surface area is 210 Å². The number of hydrogen-bond acceptors (Lipinski definition) is 4. The largest absolute Gasteiger partial charge is 0.488 e. The number of ether oxygens (including phenoxy) is 2. The number of carbonyl (C=O) groups is 1. The van der Waals surface area contributed by atoms with Gasteiger partial charge in [0.15, 0.2) is 0 Å². The molecule has 0 unspecified atom stereocenters. The van der Waals surface area contributed by atoms with Crippen LogP contribution in [0.2, 0.25) is 5.02 Å². The van der Waals surface area contributed by atoms with Crippen molar-refractivity contribution in [1.29, 1.82) is 0 Å².